The van der Waals surface area contributed by atoms with Crippen molar-refractivity contribution in [2.24, 2.45) is 10.9 Å². The van der Waals surface area contributed by atoms with E-state index in [-0.39, 0.29) is 11.7 Å². The van der Waals surface area contributed by atoms with Gasteiger partial charge in [0.05, 0.1) is 11.0 Å². The number of hydroxylamine groups is 1. The summed E-state index contributed by atoms with van der Waals surface area (Å²) in [6, 6.07) is 7.66. The van der Waals surface area contributed by atoms with E-state index in [9.17, 15) is 9.59 Å². The first-order valence-corrected chi connectivity index (χ1v) is 11.6. The molecule has 0 radical (unpaired) electrons. The van der Waals surface area contributed by atoms with Gasteiger partial charge in [-0.25, -0.2) is 10.5 Å². The number of carbonyl (C=O) groups excluding carboxylic acids is 1. The second-order valence-corrected chi connectivity index (χ2v) is 9.00. The molecule has 2 atom stereocenters. The summed E-state index contributed by atoms with van der Waals surface area (Å²) in [6.45, 7) is 2.01. The fourth-order valence-electron chi connectivity index (χ4n) is 5.01. The van der Waals surface area contributed by atoms with Crippen LogP contribution < -0.4 is 11.0 Å². The van der Waals surface area contributed by atoms with E-state index in [0.717, 1.165) is 19.3 Å². The second-order valence-electron chi connectivity index (χ2n) is 9.00. The molecule has 0 aliphatic heterocycles. The van der Waals surface area contributed by atoms with Gasteiger partial charge < -0.3 is 4.57 Å². The molecule has 7 nitrogen and oxygen atoms in total. The van der Waals surface area contributed by atoms with Crippen molar-refractivity contribution >= 4 is 22.7 Å². The number of para-hydroxylation sites is 2. The smallest absolute Gasteiger partial charge is 0.299 e. The Morgan fingerprint density at radius 1 is 1.19 bits per heavy atom. The van der Waals surface area contributed by atoms with E-state index in [1.807, 2.05) is 25.1 Å². The Hall–Kier alpha value is -2.54. The first-order valence-electron chi connectivity index (χ1n) is 11.6. The summed E-state index contributed by atoms with van der Waals surface area (Å²) < 4.78 is 1.65. The Bertz CT molecular complexity index is 1020. The zero-order valence-electron chi connectivity index (χ0n) is 18.2. The molecule has 0 bridgehead atoms. The summed E-state index contributed by atoms with van der Waals surface area (Å²) in [5, 5.41) is 9.03. The predicted molar refractivity (Wildman–Crippen MR) is 121 cm³/mol. The van der Waals surface area contributed by atoms with Gasteiger partial charge >= 0.3 is 0 Å². The second kappa shape index (κ2) is 9.73. The summed E-state index contributed by atoms with van der Waals surface area (Å²) in [7, 11) is 0. The van der Waals surface area contributed by atoms with Gasteiger partial charge in [0, 0.05) is 17.8 Å². The van der Waals surface area contributed by atoms with Crippen LogP contribution in [0.15, 0.2) is 34.1 Å². The molecular formula is C24H32N4O3. The van der Waals surface area contributed by atoms with Crippen LogP contribution in [0.5, 0.6) is 0 Å². The molecule has 1 unspecified atom stereocenters. The van der Waals surface area contributed by atoms with E-state index in [4.69, 9.17) is 10.2 Å². The van der Waals surface area contributed by atoms with Crippen molar-refractivity contribution in [3.8, 4) is 0 Å². The van der Waals surface area contributed by atoms with Gasteiger partial charge in [-0.3, -0.25) is 19.8 Å². The van der Waals surface area contributed by atoms with Crippen LogP contribution in [0.4, 0.5) is 0 Å². The minimum atomic E-state index is -0.883. The zero-order valence-corrected chi connectivity index (χ0v) is 18.2. The lowest BCUT2D eigenvalue weighted by molar-refractivity contribution is 0.0698. The topological polar surface area (TPSA) is 96.6 Å². The maximum atomic E-state index is 13.1. The number of amides is 1. The van der Waals surface area contributed by atoms with Crippen LogP contribution in [-0.4, -0.2) is 32.4 Å². The Kier molecular flexibility index (Phi) is 6.80. The van der Waals surface area contributed by atoms with Crippen molar-refractivity contribution < 1.29 is 10.0 Å². The number of fused-ring (bicyclic) bond motifs is 1. The van der Waals surface area contributed by atoms with E-state index < -0.39 is 11.5 Å². The summed E-state index contributed by atoms with van der Waals surface area (Å²) >= 11 is 0. The maximum absolute atomic E-state index is 13.1. The van der Waals surface area contributed by atoms with Crippen molar-refractivity contribution in [3.05, 3.63) is 40.3 Å². The number of hydrogen-bond acceptors (Lipinski definition) is 5. The molecule has 166 valence electrons. The van der Waals surface area contributed by atoms with Crippen molar-refractivity contribution in [2.45, 2.75) is 83.2 Å². The molecule has 2 fully saturated rings. The van der Waals surface area contributed by atoms with E-state index >= 15 is 0 Å². The molecule has 2 aliphatic rings. The number of aromatic nitrogens is 2. The molecule has 1 aromatic heterocycles. The molecule has 1 aromatic carbocycles. The van der Waals surface area contributed by atoms with Crippen LogP contribution in [0.1, 0.15) is 87.7 Å². The van der Waals surface area contributed by atoms with Gasteiger partial charge in [-0.15, -0.1) is 0 Å². The fraction of sp³-hybridized carbons (Fsp3) is 0.583. The SMILES string of the molecule is C[C@@H](CC1CCC1=NC1CCCCCCC1)n1c(=O)c(C(=O)NO)nc2ccccc21. The molecule has 2 N–H and O–H groups in total. The minimum Gasteiger partial charge on any atom is -0.302 e. The number of hydrogen-bond donors (Lipinski definition) is 2. The van der Waals surface area contributed by atoms with Crippen LogP contribution in [0.25, 0.3) is 11.0 Å². The molecule has 2 aromatic rings. The van der Waals surface area contributed by atoms with E-state index in [1.165, 1.54) is 50.7 Å². The third-order valence-corrected chi connectivity index (χ3v) is 6.82. The number of benzene rings is 1. The molecule has 2 saturated carbocycles. The lowest BCUT2D eigenvalue weighted by atomic mass is 9.78. The average Bonchev–Trinajstić information content (AvgIpc) is 2.74. The van der Waals surface area contributed by atoms with Crippen molar-refractivity contribution in [1.29, 1.82) is 0 Å². The molecule has 31 heavy (non-hydrogen) atoms. The highest BCUT2D eigenvalue weighted by Gasteiger charge is 2.30. The summed E-state index contributed by atoms with van der Waals surface area (Å²) in [5.74, 6) is -0.499. The zero-order chi connectivity index (χ0) is 21.8. The molecule has 2 aliphatic carbocycles. The molecule has 1 heterocycles. The van der Waals surface area contributed by atoms with E-state index in [0.29, 0.717) is 23.0 Å². The van der Waals surface area contributed by atoms with Gasteiger partial charge in [0.1, 0.15) is 0 Å². The van der Waals surface area contributed by atoms with Crippen LogP contribution in [0.2, 0.25) is 0 Å². The third kappa shape index (κ3) is 4.71. The predicted octanol–water partition coefficient (Wildman–Crippen LogP) is 4.43. The molecular weight excluding hydrogens is 392 g/mol. The Labute approximate surface area is 182 Å². The first kappa shape index (κ1) is 21.7. The third-order valence-electron chi connectivity index (χ3n) is 6.82. The highest BCUT2D eigenvalue weighted by Crippen LogP contribution is 2.34. The highest BCUT2D eigenvalue weighted by atomic mass is 16.5. The van der Waals surface area contributed by atoms with Gasteiger partial charge in [-0.2, -0.15) is 0 Å². The number of nitrogens with zero attached hydrogens (tertiary/aromatic N) is 3. The molecule has 4 rings (SSSR count). The lowest BCUT2D eigenvalue weighted by Gasteiger charge is -2.33. The normalized spacial score (nSPS) is 22.5. The number of nitrogens with one attached hydrogen (secondary N) is 1. The monoisotopic (exact) mass is 424 g/mol. The lowest BCUT2D eigenvalue weighted by Crippen LogP contribution is -2.36. The standard InChI is InChI=1S/C24H32N4O3/c1-16(15-17-13-14-19(17)25-18-9-5-3-2-4-6-10-18)28-21-12-8-7-11-20(21)26-22(24(28)30)23(29)27-31/h7-8,11-12,16-18,31H,2-6,9-10,13-15H2,1H3,(H,27,29)/t16-,17?/m0/s1. The van der Waals surface area contributed by atoms with Crippen molar-refractivity contribution in [2.75, 3.05) is 0 Å². The van der Waals surface area contributed by atoms with Gasteiger partial charge in [0.15, 0.2) is 5.69 Å². The minimum absolute atomic E-state index is 0.113. The van der Waals surface area contributed by atoms with Gasteiger partial charge in [0.25, 0.3) is 11.5 Å². The van der Waals surface area contributed by atoms with Crippen LogP contribution in [0.3, 0.4) is 0 Å². The first-order chi connectivity index (χ1) is 15.1. The largest absolute Gasteiger partial charge is 0.302 e. The quantitative estimate of drug-likeness (QED) is 0.548. The fourth-order valence-corrected chi connectivity index (χ4v) is 5.01. The molecule has 7 heteroatoms. The number of rotatable bonds is 5. The van der Waals surface area contributed by atoms with Crippen LogP contribution >= 0.6 is 0 Å². The highest BCUT2D eigenvalue weighted by molar-refractivity contribution is 5.93. The number of carbonyl (C=O) groups is 1. The summed E-state index contributed by atoms with van der Waals surface area (Å²) in [4.78, 5) is 34.4. The Balaban J connectivity index is 1.57. The van der Waals surface area contributed by atoms with Gasteiger partial charge in [-0.1, -0.05) is 44.2 Å². The summed E-state index contributed by atoms with van der Waals surface area (Å²) in [6.07, 6.45) is 11.9. The number of aliphatic imine (C=N–C) groups is 1. The Morgan fingerprint density at radius 3 is 2.58 bits per heavy atom. The maximum Gasteiger partial charge on any atom is 0.299 e. The van der Waals surface area contributed by atoms with E-state index in [1.54, 1.807) is 16.1 Å². The molecule has 1 amide bonds. The summed E-state index contributed by atoms with van der Waals surface area (Å²) in [5.41, 5.74) is 3.34. The van der Waals surface area contributed by atoms with E-state index in [2.05, 4.69) is 4.98 Å². The molecule has 0 spiro atoms. The van der Waals surface area contributed by atoms with Gasteiger partial charge in [-0.05, 0) is 57.1 Å². The van der Waals surface area contributed by atoms with Crippen LogP contribution in [0, 0.1) is 5.92 Å². The van der Waals surface area contributed by atoms with Crippen molar-refractivity contribution in [3.63, 3.8) is 0 Å². The average molecular weight is 425 g/mol. The molecule has 0 saturated heterocycles. The van der Waals surface area contributed by atoms with Crippen molar-refractivity contribution in [1.82, 2.24) is 15.0 Å². The van der Waals surface area contributed by atoms with Gasteiger partial charge in [0.2, 0.25) is 0 Å². The Morgan fingerprint density at radius 2 is 1.90 bits per heavy atom. The van der Waals surface area contributed by atoms with Crippen LogP contribution in [-0.2, 0) is 0 Å².